The number of aromatic nitrogens is 1. The Bertz CT molecular complexity index is 400. The van der Waals surface area contributed by atoms with Gasteiger partial charge in [0.25, 0.3) is 0 Å². The number of rotatable bonds is 0. The van der Waals surface area contributed by atoms with Crippen molar-refractivity contribution in [1.82, 2.24) is 4.98 Å². The van der Waals surface area contributed by atoms with E-state index in [1.165, 1.54) is 6.07 Å². The summed E-state index contributed by atoms with van der Waals surface area (Å²) in [5, 5.41) is 1.95. The minimum atomic E-state index is -0.0521. The lowest BCUT2D eigenvalue weighted by atomic mass is 10.3. The van der Waals surface area contributed by atoms with E-state index < -0.39 is 0 Å². The molecule has 0 unspecified atom stereocenters. The predicted octanol–water partition coefficient (Wildman–Crippen LogP) is -0.0243. The van der Waals surface area contributed by atoms with E-state index in [1.807, 2.05) is 32.1 Å². The molecule has 0 aromatic carbocycles. The Morgan fingerprint density at radius 1 is 1.27 bits per heavy atom. The first-order chi connectivity index (χ1) is 5.27. The molecule has 11 heavy (non-hydrogen) atoms. The van der Waals surface area contributed by atoms with Gasteiger partial charge in [0, 0.05) is 11.4 Å². The van der Waals surface area contributed by atoms with Gasteiger partial charge >= 0.3 is 0 Å². The summed E-state index contributed by atoms with van der Waals surface area (Å²) in [4.78, 5) is 13.6. The van der Waals surface area contributed by atoms with E-state index in [9.17, 15) is 4.79 Å². The molecule has 0 saturated carbocycles. The van der Waals surface area contributed by atoms with Crippen LogP contribution in [0.1, 0.15) is 13.8 Å². The van der Waals surface area contributed by atoms with Gasteiger partial charge in [-0.2, -0.15) is 0 Å². The zero-order chi connectivity index (χ0) is 8.27. The maximum atomic E-state index is 10.8. The molecule has 0 bridgehead atoms. The van der Waals surface area contributed by atoms with Gasteiger partial charge in [-0.25, -0.2) is 0 Å². The van der Waals surface area contributed by atoms with Crippen molar-refractivity contribution >= 4 is 12.2 Å². The van der Waals surface area contributed by atoms with Gasteiger partial charge in [-0.15, -0.1) is 0 Å². The van der Waals surface area contributed by atoms with Gasteiger partial charge in [-0.3, -0.25) is 4.79 Å². The van der Waals surface area contributed by atoms with Crippen LogP contribution in [0, 0.1) is 0 Å². The molecular weight excluding hydrogens is 138 g/mol. The van der Waals surface area contributed by atoms with Gasteiger partial charge in [-0.1, -0.05) is 12.2 Å². The first-order valence-electron chi connectivity index (χ1n) is 3.60. The Morgan fingerprint density at radius 3 is 2.55 bits per heavy atom. The maximum Gasteiger partial charge on any atom is 0.248 e. The summed E-state index contributed by atoms with van der Waals surface area (Å²) in [5.74, 6) is 0. The first-order valence-corrected chi connectivity index (χ1v) is 3.60. The van der Waals surface area contributed by atoms with Gasteiger partial charge in [-0.05, 0) is 25.1 Å². The Morgan fingerprint density at radius 2 is 2.00 bits per heavy atom. The maximum absolute atomic E-state index is 10.8. The first kappa shape index (κ1) is 7.79. The van der Waals surface area contributed by atoms with Crippen LogP contribution in [0.25, 0.3) is 12.2 Å². The molecule has 2 heteroatoms. The highest BCUT2D eigenvalue weighted by Crippen LogP contribution is 1.60. The fraction of sp³-hybridized carbons (Fsp3) is 0.222. The van der Waals surface area contributed by atoms with Crippen LogP contribution in [0.3, 0.4) is 0 Å². The number of aromatic amines is 1. The van der Waals surface area contributed by atoms with Gasteiger partial charge in [0.15, 0.2) is 0 Å². The Kier molecular flexibility index (Phi) is 2.26. The highest BCUT2D eigenvalue weighted by molar-refractivity contribution is 5.24. The number of nitrogens with one attached hydrogen (secondary N) is 1. The lowest BCUT2D eigenvalue weighted by Gasteiger charge is -1.86. The van der Waals surface area contributed by atoms with Crippen LogP contribution in [0.5, 0.6) is 0 Å². The second-order valence-corrected chi connectivity index (χ2v) is 2.27. The summed E-state index contributed by atoms with van der Waals surface area (Å²) < 4.78 is 0. The largest absolute Gasteiger partial charge is 0.322 e. The van der Waals surface area contributed by atoms with E-state index >= 15 is 0 Å². The molecular formula is C9H11NO. The monoisotopic (exact) mass is 149 g/mol. The normalized spacial score (nSPS) is 14.0. The fourth-order valence-corrected chi connectivity index (χ4v) is 0.992. The summed E-state index contributed by atoms with van der Waals surface area (Å²) in [7, 11) is 0. The van der Waals surface area contributed by atoms with Crippen LogP contribution in [-0.2, 0) is 0 Å². The third kappa shape index (κ3) is 1.58. The molecule has 0 spiro atoms. The van der Waals surface area contributed by atoms with Crippen LogP contribution < -0.4 is 16.1 Å². The molecule has 1 rings (SSSR count). The lowest BCUT2D eigenvalue weighted by molar-refractivity contribution is 1.15. The summed E-state index contributed by atoms with van der Waals surface area (Å²) in [6, 6.07) is 3.34. The van der Waals surface area contributed by atoms with Crippen LogP contribution in [-0.4, -0.2) is 4.98 Å². The van der Waals surface area contributed by atoms with Crippen molar-refractivity contribution in [2.45, 2.75) is 13.8 Å². The van der Waals surface area contributed by atoms with Gasteiger partial charge in [0.05, 0.1) is 0 Å². The number of pyridine rings is 1. The molecule has 0 aliphatic carbocycles. The van der Waals surface area contributed by atoms with Crippen LogP contribution in [0.4, 0.5) is 0 Å². The average Bonchev–Trinajstić information content (AvgIpc) is 2.04. The van der Waals surface area contributed by atoms with Crippen molar-refractivity contribution in [3.8, 4) is 0 Å². The molecule has 0 atom stereocenters. The zero-order valence-corrected chi connectivity index (χ0v) is 6.72. The molecule has 0 amide bonds. The smallest absolute Gasteiger partial charge is 0.248 e. The average molecular weight is 149 g/mol. The van der Waals surface area contributed by atoms with Crippen molar-refractivity contribution < 1.29 is 0 Å². The van der Waals surface area contributed by atoms with E-state index in [-0.39, 0.29) is 5.56 Å². The summed E-state index contributed by atoms with van der Waals surface area (Å²) >= 11 is 0. The van der Waals surface area contributed by atoms with E-state index in [0.29, 0.717) is 0 Å². The van der Waals surface area contributed by atoms with Crippen molar-refractivity contribution in [3.05, 3.63) is 33.1 Å². The van der Waals surface area contributed by atoms with E-state index in [1.54, 1.807) is 0 Å². The van der Waals surface area contributed by atoms with E-state index in [2.05, 4.69) is 4.98 Å². The molecule has 0 aliphatic rings. The summed E-state index contributed by atoms with van der Waals surface area (Å²) in [5.41, 5.74) is -0.0521. The highest BCUT2D eigenvalue weighted by Gasteiger charge is 1.82. The number of H-pyrrole nitrogens is 1. The Hall–Kier alpha value is -1.31. The van der Waals surface area contributed by atoms with Gasteiger partial charge in [0.2, 0.25) is 5.56 Å². The molecule has 1 N–H and O–H groups in total. The Labute approximate surface area is 64.9 Å². The van der Waals surface area contributed by atoms with Gasteiger partial charge < -0.3 is 4.98 Å². The van der Waals surface area contributed by atoms with Gasteiger partial charge in [0.1, 0.15) is 0 Å². The molecule has 0 fully saturated rings. The molecule has 0 saturated heterocycles. The molecule has 1 aromatic rings. The lowest BCUT2D eigenvalue weighted by Crippen LogP contribution is -2.32. The second-order valence-electron chi connectivity index (χ2n) is 2.27. The molecule has 58 valence electrons. The van der Waals surface area contributed by atoms with E-state index in [4.69, 9.17) is 0 Å². The summed E-state index contributed by atoms with van der Waals surface area (Å²) in [6.45, 7) is 3.85. The third-order valence-corrected chi connectivity index (χ3v) is 1.58. The fourth-order valence-electron chi connectivity index (χ4n) is 0.992. The second kappa shape index (κ2) is 3.19. The minimum Gasteiger partial charge on any atom is -0.322 e. The quantitative estimate of drug-likeness (QED) is 0.552. The number of hydrogen-bond acceptors (Lipinski definition) is 1. The van der Waals surface area contributed by atoms with Crippen LogP contribution >= 0.6 is 0 Å². The van der Waals surface area contributed by atoms with Crippen molar-refractivity contribution in [1.29, 1.82) is 0 Å². The zero-order valence-electron chi connectivity index (χ0n) is 6.72. The SMILES string of the molecule is CC=c1ccc(=O)[nH]c1=CC. The predicted molar refractivity (Wildman–Crippen MR) is 46.6 cm³/mol. The standard InChI is InChI=1S/C9H11NO/c1-3-7-5-6-9(11)10-8(7)4-2/h3-6H,1-2H3,(H,10,11). The Balaban J connectivity index is 3.69. The molecule has 0 aliphatic heterocycles. The van der Waals surface area contributed by atoms with Crippen molar-refractivity contribution in [3.63, 3.8) is 0 Å². The topological polar surface area (TPSA) is 32.9 Å². The van der Waals surface area contributed by atoms with Crippen LogP contribution in [0.15, 0.2) is 16.9 Å². The number of hydrogen-bond donors (Lipinski definition) is 1. The van der Waals surface area contributed by atoms with Crippen molar-refractivity contribution in [2.75, 3.05) is 0 Å². The molecule has 2 nitrogen and oxygen atoms in total. The molecule has 0 radical (unpaired) electrons. The minimum absolute atomic E-state index is 0.0521. The highest BCUT2D eigenvalue weighted by atomic mass is 16.1. The molecule has 1 heterocycles. The van der Waals surface area contributed by atoms with Crippen molar-refractivity contribution in [2.24, 2.45) is 0 Å². The third-order valence-electron chi connectivity index (χ3n) is 1.58. The van der Waals surface area contributed by atoms with Crippen LogP contribution in [0.2, 0.25) is 0 Å². The van der Waals surface area contributed by atoms with E-state index in [0.717, 1.165) is 10.6 Å². The molecule has 1 aromatic heterocycles. The summed E-state index contributed by atoms with van der Waals surface area (Å²) in [6.07, 6.45) is 3.85.